The van der Waals surface area contributed by atoms with Crippen LogP contribution in [-0.2, 0) is 23.6 Å². The molecular formula is C8H8BrClN4O2S2. The van der Waals surface area contributed by atoms with E-state index in [4.69, 9.17) is 11.6 Å². The van der Waals surface area contributed by atoms with Crippen LogP contribution in [0, 0.1) is 0 Å². The van der Waals surface area contributed by atoms with Crippen LogP contribution in [0.3, 0.4) is 0 Å². The third-order valence-corrected chi connectivity index (χ3v) is 6.30. The minimum atomic E-state index is -3.59. The van der Waals surface area contributed by atoms with Gasteiger partial charge in [0.15, 0.2) is 5.82 Å². The molecule has 2 rings (SSSR count). The van der Waals surface area contributed by atoms with Crippen LogP contribution in [0.2, 0.25) is 5.02 Å². The molecule has 0 spiro atoms. The van der Waals surface area contributed by atoms with Gasteiger partial charge in [-0.15, -0.1) is 11.3 Å². The van der Waals surface area contributed by atoms with Crippen molar-refractivity contribution in [2.24, 2.45) is 7.05 Å². The molecule has 0 aliphatic rings. The molecule has 0 fully saturated rings. The zero-order chi connectivity index (χ0) is 13.3. The number of halogens is 2. The van der Waals surface area contributed by atoms with Gasteiger partial charge in [0.1, 0.15) is 10.5 Å². The molecule has 18 heavy (non-hydrogen) atoms. The van der Waals surface area contributed by atoms with Crippen molar-refractivity contribution in [1.82, 2.24) is 19.5 Å². The van der Waals surface area contributed by atoms with Crippen molar-refractivity contribution in [3.63, 3.8) is 0 Å². The molecule has 0 bridgehead atoms. The average molecular weight is 372 g/mol. The number of thiophene rings is 1. The summed E-state index contributed by atoms with van der Waals surface area (Å²) in [6, 6.07) is 1.39. The summed E-state index contributed by atoms with van der Waals surface area (Å²) >= 11 is 10.0. The van der Waals surface area contributed by atoms with Gasteiger partial charge in [0.05, 0.1) is 15.4 Å². The van der Waals surface area contributed by atoms with Crippen molar-refractivity contribution < 1.29 is 8.42 Å². The average Bonchev–Trinajstić information content (AvgIpc) is 2.84. The molecule has 98 valence electrons. The topological polar surface area (TPSA) is 76.9 Å². The Morgan fingerprint density at radius 3 is 2.83 bits per heavy atom. The van der Waals surface area contributed by atoms with Crippen molar-refractivity contribution in [1.29, 1.82) is 0 Å². The number of nitrogens with zero attached hydrogens (tertiary/aromatic N) is 3. The van der Waals surface area contributed by atoms with E-state index in [1.165, 1.54) is 17.1 Å². The van der Waals surface area contributed by atoms with Crippen LogP contribution >= 0.6 is 38.9 Å². The molecule has 1 N–H and O–H groups in total. The van der Waals surface area contributed by atoms with Crippen LogP contribution in [-0.4, -0.2) is 23.2 Å². The van der Waals surface area contributed by atoms with Crippen LogP contribution in [0.15, 0.2) is 20.4 Å². The van der Waals surface area contributed by atoms with Gasteiger partial charge in [-0.2, -0.15) is 5.10 Å². The first kappa shape index (κ1) is 13.9. The third kappa shape index (κ3) is 3.09. The minimum Gasteiger partial charge on any atom is -0.256 e. The smallest absolute Gasteiger partial charge is 0.250 e. The van der Waals surface area contributed by atoms with Crippen LogP contribution in [0.5, 0.6) is 0 Å². The second-order valence-electron chi connectivity index (χ2n) is 3.35. The zero-order valence-electron chi connectivity index (χ0n) is 9.09. The van der Waals surface area contributed by atoms with Crippen LogP contribution < -0.4 is 4.72 Å². The Morgan fingerprint density at radius 2 is 2.33 bits per heavy atom. The van der Waals surface area contributed by atoms with Gasteiger partial charge in [-0.25, -0.2) is 18.1 Å². The van der Waals surface area contributed by atoms with Gasteiger partial charge < -0.3 is 0 Å². The van der Waals surface area contributed by atoms with Gasteiger partial charge in [0.2, 0.25) is 0 Å². The van der Waals surface area contributed by atoms with Crippen LogP contribution in [0.4, 0.5) is 0 Å². The summed E-state index contributed by atoms with van der Waals surface area (Å²) in [7, 11) is -1.88. The molecule has 2 aromatic heterocycles. The van der Waals surface area contributed by atoms with Crippen molar-refractivity contribution in [3.05, 3.63) is 27.0 Å². The molecule has 0 aliphatic heterocycles. The first-order valence-electron chi connectivity index (χ1n) is 4.67. The summed E-state index contributed by atoms with van der Waals surface area (Å²) in [4.78, 5) is 3.93. The lowest BCUT2D eigenvalue weighted by atomic mass is 10.6. The van der Waals surface area contributed by atoms with Gasteiger partial charge in [-0.1, -0.05) is 11.6 Å². The summed E-state index contributed by atoms with van der Waals surface area (Å²) in [6.45, 7) is 0.0380. The predicted octanol–water partition coefficient (Wildman–Crippen LogP) is 1.77. The summed E-state index contributed by atoms with van der Waals surface area (Å²) in [5, 5.41) is 4.35. The van der Waals surface area contributed by atoms with E-state index in [9.17, 15) is 8.42 Å². The van der Waals surface area contributed by atoms with E-state index >= 15 is 0 Å². The van der Waals surface area contributed by atoms with Gasteiger partial charge in [-0.05, 0) is 22.0 Å². The van der Waals surface area contributed by atoms with Gasteiger partial charge in [0.25, 0.3) is 10.0 Å². The largest absolute Gasteiger partial charge is 0.256 e. The molecule has 0 saturated carbocycles. The second-order valence-corrected chi connectivity index (χ2v) is 8.12. The molecule has 2 aromatic rings. The van der Waals surface area contributed by atoms with E-state index in [-0.39, 0.29) is 10.8 Å². The van der Waals surface area contributed by atoms with Crippen LogP contribution in [0.1, 0.15) is 5.82 Å². The fraction of sp³-hybridized carbons (Fsp3) is 0.250. The number of sulfonamides is 1. The highest BCUT2D eigenvalue weighted by molar-refractivity contribution is 9.11. The molecule has 0 aliphatic carbocycles. The van der Waals surface area contributed by atoms with Gasteiger partial charge in [0, 0.05) is 7.05 Å². The van der Waals surface area contributed by atoms with Gasteiger partial charge in [-0.3, -0.25) is 4.68 Å². The molecule has 0 unspecified atom stereocenters. The fourth-order valence-electron chi connectivity index (χ4n) is 1.15. The number of hydrogen-bond acceptors (Lipinski definition) is 5. The summed E-state index contributed by atoms with van der Waals surface area (Å²) < 4.78 is 28.5. The monoisotopic (exact) mass is 370 g/mol. The summed E-state index contributed by atoms with van der Waals surface area (Å²) in [6.07, 6.45) is 1.50. The third-order valence-electron chi connectivity index (χ3n) is 1.95. The molecule has 6 nitrogen and oxygen atoms in total. The van der Waals surface area contributed by atoms with E-state index in [1.807, 2.05) is 0 Å². The molecule has 0 amide bonds. The normalized spacial score (nSPS) is 11.9. The van der Waals surface area contributed by atoms with Crippen molar-refractivity contribution >= 4 is 48.9 Å². The minimum absolute atomic E-state index is 0.0380. The first-order chi connectivity index (χ1) is 8.38. The fourth-order valence-corrected chi connectivity index (χ4v) is 4.58. The Hall–Kier alpha value is -0.480. The van der Waals surface area contributed by atoms with E-state index in [2.05, 4.69) is 30.7 Å². The maximum absolute atomic E-state index is 11.9. The number of aryl methyl sites for hydroxylation is 1. The summed E-state index contributed by atoms with van der Waals surface area (Å²) in [5.74, 6) is 0.405. The highest BCUT2D eigenvalue weighted by atomic mass is 79.9. The maximum atomic E-state index is 11.9. The summed E-state index contributed by atoms with van der Waals surface area (Å²) in [5.41, 5.74) is 0. The standard InChI is InChI=1S/C8H8BrClN4O2S2/c1-14-4-11-6(13-14)3-12-18(15,16)7-2-5(10)8(9)17-7/h2,4,12H,3H2,1H3. The molecule has 2 heterocycles. The molecule has 0 atom stereocenters. The predicted molar refractivity (Wildman–Crippen MR) is 72.1 cm³/mol. The molecule has 0 saturated heterocycles. The highest BCUT2D eigenvalue weighted by Crippen LogP contribution is 2.34. The zero-order valence-corrected chi connectivity index (χ0v) is 13.1. The molecule has 0 radical (unpaired) electrons. The number of hydrogen-bond donors (Lipinski definition) is 1. The first-order valence-corrected chi connectivity index (χ1v) is 8.14. The van der Waals surface area contributed by atoms with Gasteiger partial charge >= 0.3 is 0 Å². The lowest BCUT2D eigenvalue weighted by molar-refractivity contribution is 0.580. The molecular weight excluding hydrogens is 364 g/mol. The SMILES string of the molecule is Cn1cnc(CNS(=O)(=O)c2cc(Cl)c(Br)s2)n1. The Bertz CT molecular complexity index is 647. The number of aromatic nitrogens is 3. The Balaban J connectivity index is 2.12. The lowest BCUT2D eigenvalue weighted by Crippen LogP contribution is -2.23. The molecule has 0 aromatic carbocycles. The Labute approximate surface area is 121 Å². The number of nitrogens with one attached hydrogen (secondary N) is 1. The quantitative estimate of drug-likeness (QED) is 0.888. The van der Waals surface area contributed by atoms with E-state index < -0.39 is 10.0 Å². The molecule has 10 heteroatoms. The maximum Gasteiger partial charge on any atom is 0.250 e. The second kappa shape index (κ2) is 5.25. The van der Waals surface area contributed by atoms with Crippen LogP contribution in [0.25, 0.3) is 0 Å². The van der Waals surface area contributed by atoms with E-state index in [0.29, 0.717) is 14.6 Å². The number of rotatable bonds is 4. The Kier molecular flexibility index (Phi) is 4.07. The van der Waals surface area contributed by atoms with Crippen molar-refractivity contribution in [3.8, 4) is 0 Å². The van der Waals surface area contributed by atoms with E-state index in [1.54, 1.807) is 7.05 Å². The van der Waals surface area contributed by atoms with E-state index in [0.717, 1.165) is 11.3 Å². The van der Waals surface area contributed by atoms with Crippen molar-refractivity contribution in [2.75, 3.05) is 0 Å². The van der Waals surface area contributed by atoms with Crippen molar-refractivity contribution in [2.45, 2.75) is 10.8 Å². The lowest BCUT2D eigenvalue weighted by Gasteiger charge is -2.01. The highest BCUT2D eigenvalue weighted by Gasteiger charge is 2.19. The Morgan fingerprint density at radius 1 is 1.61 bits per heavy atom.